The highest BCUT2D eigenvalue weighted by Crippen LogP contribution is 2.58. The van der Waals surface area contributed by atoms with E-state index in [1.54, 1.807) is 0 Å². The van der Waals surface area contributed by atoms with Crippen molar-refractivity contribution in [2.45, 2.75) is 50.6 Å². The molecular formula is C24H27NO. The summed E-state index contributed by atoms with van der Waals surface area (Å²) in [7, 11) is 0. The van der Waals surface area contributed by atoms with E-state index in [9.17, 15) is 4.79 Å². The molecule has 4 bridgehead atoms. The molecule has 0 atom stereocenters. The summed E-state index contributed by atoms with van der Waals surface area (Å²) in [5.74, 6) is 2.73. The van der Waals surface area contributed by atoms with E-state index in [1.807, 2.05) is 30.3 Å². The van der Waals surface area contributed by atoms with Gasteiger partial charge in [-0.1, -0.05) is 48.5 Å². The Kier molecular flexibility index (Phi) is 3.88. The Balaban J connectivity index is 1.52. The molecule has 0 N–H and O–H groups in total. The van der Waals surface area contributed by atoms with Gasteiger partial charge in [-0.15, -0.1) is 0 Å². The lowest BCUT2D eigenvalue weighted by molar-refractivity contribution is -0.0775. The van der Waals surface area contributed by atoms with Gasteiger partial charge in [0.15, 0.2) is 0 Å². The molecule has 0 radical (unpaired) electrons. The standard InChI is InChI=1S/C24H27NO/c26-23(22-9-5-2-6-10-22)25(17-18-7-3-1-4-8-18)24-14-19-11-20(15-24)13-21(12-19)16-24/h1-10,19-21H,11-17H2. The topological polar surface area (TPSA) is 20.3 Å². The molecule has 0 unspecified atom stereocenters. The van der Waals surface area contributed by atoms with Gasteiger partial charge in [0.05, 0.1) is 0 Å². The first-order chi connectivity index (χ1) is 12.7. The Hall–Kier alpha value is -2.09. The number of rotatable bonds is 4. The Morgan fingerprint density at radius 3 is 1.85 bits per heavy atom. The molecule has 2 heteroatoms. The number of carbonyl (C=O) groups is 1. The third kappa shape index (κ3) is 2.76. The smallest absolute Gasteiger partial charge is 0.254 e. The lowest BCUT2D eigenvalue weighted by Crippen LogP contribution is -2.61. The third-order valence-corrected chi connectivity index (χ3v) is 7.03. The van der Waals surface area contributed by atoms with Crippen LogP contribution in [-0.2, 0) is 6.54 Å². The van der Waals surface area contributed by atoms with Crippen molar-refractivity contribution in [3.63, 3.8) is 0 Å². The van der Waals surface area contributed by atoms with Crippen LogP contribution < -0.4 is 0 Å². The first-order valence-electron chi connectivity index (χ1n) is 10.1. The molecule has 6 rings (SSSR count). The monoisotopic (exact) mass is 345 g/mol. The Morgan fingerprint density at radius 2 is 1.31 bits per heavy atom. The zero-order chi connectivity index (χ0) is 17.6. The number of hydrogen-bond acceptors (Lipinski definition) is 1. The molecule has 0 saturated heterocycles. The van der Waals surface area contributed by atoms with Crippen molar-refractivity contribution in [2.75, 3.05) is 0 Å². The summed E-state index contributed by atoms with van der Waals surface area (Å²) < 4.78 is 0. The van der Waals surface area contributed by atoms with Gasteiger partial charge in [-0.2, -0.15) is 0 Å². The van der Waals surface area contributed by atoms with E-state index in [2.05, 4.69) is 35.2 Å². The van der Waals surface area contributed by atoms with Crippen LogP contribution >= 0.6 is 0 Å². The highest BCUT2D eigenvalue weighted by Gasteiger charge is 2.54. The van der Waals surface area contributed by atoms with Gasteiger partial charge in [0.1, 0.15) is 0 Å². The number of amides is 1. The molecule has 26 heavy (non-hydrogen) atoms. The SMILES string of the molecule is O=C(c1ccccc1)N(Cc1ccccc1)C12CC3CC(CC(C3)C1)C2. The van der Waals surface area contributed by atoms with Crippen molar-refractivity contribution < 1.29 is 4.79 Å². The Labute approximate surface area is 156 Å². The summed E-state index contributed by atoms with van der Waals surface area (Å²) in [5.41, 5.74) is 2.16. The minimum Gasteiger partial charge on any atom is -0.329 e. The average molecular weight is 345 g/mol. The first-order valence-corrected chi connectivity index (χ1v) is 10.1. The van der Waals surface area contributed by atoms with E-state index in [0.29, 0.717) is 0 Å². The third-order valence-electron chi connectivity index (χ3n) is 7.03. The molecule has 0 heterocycles. The summed E-state index contributed by atoms with van der Waals surface area (Å²) in [4.78, 5) is 15.9. The fraction of sp³-hybridized carbons (Fsp3) is 0.458. The maximum Gasteiger partial charge on any atom is 0.254 e. The number of nitrogens with zero attached hydrogens (tertiary/aromatic N) is 1. The Morgan fingerprint density at radius 1 is 0.808 bits per heavy atom. The zero-order valence-electron chi connectivity index (χ0n) is 15.3. The van der Waals surface area contributed by atoms with E-state index in [0.717, 1.165) is 29.9 Å². The molecule has 1 amide bonds. The second kappa shape index (κ2) is 6.26. The predicted octanol–water partition coefficient (Wildman–Crippen LogP) is 5.30. The van der Waals surface area contributed by atoms with Crippen molar-refractivity contribution in [1.82, 2.24) is 4.90 Å². The van der Waals surface area contributed by atoms with E-state index in [4.69, 9.17) is 0 Å². The van der Waals surface area contributed by atoms with Crippen LogP contribution in [0.15, 0.2) is 60.7 Å². The highest BCUT2D eigenvalue weighted by molar-refractivity contribution is 5.94. The summed E-state index contributed by atoms with van der Waals surface area (Å²) >= 11 is 0. The van der Waals surface area contributed by atoms with E-state index in [1.165, 1.54) is 44.1 Å². The van der Waals surface area contributed by atoms with Crippen LogP contribution in [0.3, 0.4) is 0 Å². The molecule has 2 aromatic carbocycles. The fourth-order valence-electron chi connectivity index (χ4n) is 6.35. The summed E-state index contributed by atoms with van der Waals surface area (Å²) in [6, 6.07) is 20.4. The lowest BCUT2D eigenvalue weighted by atomic mass is 9.52. The van der Waals surface area contributed by atoms with Crippen molar-refractivity contribution >= 4 is 5.91 Å². The zero-order valence-corrected chi connectivity index (χ0v) is 15.3. The molecule has 0 spiro atoms. The molecule has 134 valence electrons. The van der Waals surface area contributed by atoms with Crippen LogP contribution in [0.1, 0.15) is 54.4 Å². The molecular weight excluding hydrogens is 318 g/mol. The maximum absolute atomic E-state index is 13.6. The van der Waals surface area contributed by atoms with Gasteiger partial charge >= 0.3 is 0 Å². The van der Waals surface area contributed by atoms with Crippen LogP contribution in [0.5, 0.6) is 0 Å². The lowest BCUT2D eigenvalue weighted by Gasteiger charge is -2.60. The van der Waals surface area contributed by atoms with Crippen LogP contribution in [0.25, 0.3) is 0 Å². The second-order valence-electron chi connectivity index (χ2n) is 8.88. The van der Waals surface area contributed by atoms with Crippen LogP contribution in [0.4, 0.5) is 0 Å². The normalized spacial score (nSPS) is 31.8. The van der Waals surface area contributed by atoms with Crippen molar-refractivity contribution in [2.24, 2.45) is 17.8 Å². The number of hydrogen-bond donors (Lipinski definition) is 0. The molecule has 2 aromatic rings. The van der Waals surface area contributed by atoms with Crippen molar-refractivity contribution in [1.29, 1.82) is 0 Å². The molecule has 4 fully saturated rings. The summed E-state index contributed by atoms with van der Waals surface area (Å²) in [6.07, 6.45) is 7.84. The largest absolute Gasteiger partial charge is 0.329 e. The number of carbonyl (C=O) groups excluding carboxylic acids is 1. The molecule has 4 aliphatic rings. The Bertz CT molecular complexity index is 747. The van der Waals surface area contributed by atoms with E-state index >= 15 is 0 Å². The van der Waals surface area contributed by atoms with Crippen molar-refractivity contribution in [3.05, 3.63) is 71.8 Å². The molecule has 0 aliphatic heterocycles. The van der Waals surface area contributed by atoms with Gasteiger partial charge in [0.25, 0.3) is 5.91 Å². The van der Waals surface area contributed by atoms with Gasteiger partial charge < -0.3 is 4.90 Å². The molecule has 4 saturated carbocycles. The highest BCUT2D eigenvalue weighted by atomic mass is 16.2. The second-order valence-corrected chi connectivity index (χ2v) is 8.88. The average Bonchev–Trinajstić information content (AvgIpc) is 2.66. The van der Waals surface area contributed by atoms with Crippen LogP contribution in [-0.4, -0.2) is 16.3 Å². The minimum absolute atomic E-state index is 0.0809. The molecule has 4 aliphatic carbocycles. The predicted molar refractivity (Wildman–Crippen MR) is 104 cm³/mol. The van der Waals surface area contributed by atoms with Crippen molar-refractivity contribution in [3.8, 4) is 0 Å². The van der Waals surface area contributed by atoms with E-state index < -0.39 is 0 Å². The molecule has 0 aromatic heterocycles. The van der Waals surface area contributed by atoms with Crippen LogP contribution in [0, 0.1) is 17.8 Å². The summed E-state index contributed by atoms with van der Waals surface area (Å²) in [5, 5.41) is 0. The van der Waals surface area contributed by atoms with Gasteiger partial charge in [-0.05, 0) is 74.0 Å². The van der Waals surface area contributed by atoms with Gasteiger partial charge in [-0.3, -0.25) is 4.79 Å². The van der Waals surface area contributed by atoms with E-state index in [-0.39, 0.29) is 11.4 Å². The fourth-order valence-corrected chi connectivity index (χ4v) is 6.35. The maximum atomic E-state index is 13.6. The van der Waals surface area contributed by atoms with Gasteiger partial charge in [0, 0.05) is 17.6 Å². The molecule has 2 nitrogen and oxygen atoms in total. The van der Waals surface area contributed by atoms with Crippen LogP contribution in [0.2, 0.25) is 0 Å². The van der Waals surface area contributed by atoms with Gasteiger partial charge in [-0.25, -0.2) is 0 Å². The first kappa shape index (κ1) is 16.1. The minimum atomic E-state index is 0.0809. The quantitative estimate of drug-likeness (QED) is 0.736. The van der Waals surface area contributed by atoms with Gasteiger partial charge in [0.2, 0.25) is 0 Å². The summed E-state index contributed by atoms with van der Waals surface area (Å²) in [6.45, 7) is 0.737. The number of benzene rings is 2.